The van der Waals surface area contributed by atoms with Crippen molar-refractivity contribution in [3.05, 3.63) is 23.8 Å². The van der Waals surface area contributed by atoms with Gasteiger partial charge in [0.25, 0.3) is 5.91 Å². The highest BCUT2D eigenvalue weighted by Gasteiger charge is 2.11. The van der Waals surface area contributed by atoms with Crippen LogP contribution in [0.25, 0.3) is 0 Å². The SMILES string of the molecule is COc1cc(C(=O)NCCN(C)C)ccc1OC(C)C. The number of nitrogens with one attached hydrogen (secondary N) is 1. The molecule has 0 aliphatic carbocycles. The predicted octanol–water partition coefficient (Wildman–Crippen LogP) is 1.77. The lowest BCUT2D eigenvalue weighted by Gasteiger charge is -2.15. The smallest absolute Gasteiger partial charge is 0.251 e. The zero-order valence-corrected chi connectivity index (χ0v) is 12.9. The molecule has 0 unspecified atom stereocenters. The highest BCUT2D eigenvalue weighted by molar-refractivity contribution is 5.94. The maximum Gasteiger partial charge on any atom is 0.251 e. The fraction of sp³-hybridized carbons (Fsp3) is 0.533. The van der Waals surface area contributed by atoms with Gasteiger partial charge in [-0.3, -0.25) is 4.79 Å². The monoisotopic (exact) mass is 280 g/mol. The zero-order chi connectivity index (χ0) is 15.1. The first-order valence-corrected chi connectivity index (χ1v) is 6.71. The van der Waals surface area contributed by atoms with Gasteiger partial charge in [0, 0.05) is 18.7 Å². The number of carbonyl (C=O) groups is 1. The van der Waals surface area contributed by atoms with Crippen molar-refractivity contribution in [2.75, 3.05) is 34.3 Å². The molecule has 0 spiro atoms. The Labute approximate surface area is 120 Å². The van der Waals surface area contributed by atoms with Gasteiger partial charge in [0.05, 0.1) is 13.2 Å². The van der Waals surface area contributed by atoms with Gasteiger partial charge < -0.3 is 19.7 Å². The maximum absolute atomic E-state index is 12.0. The van der Waals surface area contributed by atoms with Crippen LogP contribution in [0.3, 0.4) is 0 Å². The van der Waals surface area contributed by atoms with Crippen LogP contribution in [0.5, 0.6) is 11.5 Å². The second-order valence-electron chi connectivity index (χ2n) is 5.09. The number of amides is 1. The van der Waals surface area contributed by atoms with Crippen molar-refractivity contribution in [2.45, 2.75) is 20.0 Å². The number of benzene rings is 1. The number of likely N-dealkylation sites (N-methyl/N-ethyl adjacent to an activating group) is 1. The average Bonchev–Trinajstić information content (AvgIpc) is 2.37. The summed E-state index contributed by atoms with van der Waals surface area (Å²) in [6.45, 7) is 5.30. The van der Waals surface area contributed by atoms with E-state index in [-0.39, 0.29) is 12.0 Å². The van der Waals surface area contributed by atoms with Crippen LogP contribution in [-0.2, 0) is 0 Å². The van der Waals surface area contributed by atoms with Gasteiger partial charge in [0.1, 0.15) is 0 Å². The second-order valence-corrected chi connectivity index (χ2v) is 5.09. The standard InChI is InChI=1S/C15H24N2O3/c1-11(2)20-13-7-6-12(10-14(13)19-5)15(18)16-8-9-17(3)4/h6-7,10-11H,8-9H2,1-5H3,(H,16,18). The minimum absolute atomic E-state index is 0.0590. The van der Waals surface area contributed by atoms with Gasteiger partial charge in [-0.15, -0.1) is 0 Å². The molecule has 20 heavy (non-hydrogen) atoms. The molecule has 0 saturated carbocycles. The van der Waals surface area contributed by atoms with Crippen LogP contribution < -0.4 is 14.8 Å². The summed E-state index contributed by atoms with van der Waals surface area (Å²) in [5, 5.41) is 2.86. The van der Waals surface area contributed by atoms with Gasteiger partial charge in [-0.05, 0) is 46.1 Å². The van der Waals surface area contributed by atoms with E-state index in [1.165, 1.54) is 0 Å². The van der Waals surface area contributed by atoms with E-state index in [9.17, 15) is 4.79 Å². The van der Waals surface area contributed by atoms with Crippen LogP contribution in [-0.4, -0.2) is 51.2 Å². The van der Waals surface area contributed by atoms with Crippen LogP contribution in [0.2, 0.25) is 0 Å². The Morgan fingerprint density at radius 1 is 1.30 bits per heavy atom. The van der Waals surface area contributed by atoms with Crippen LogP contribution in [0.15, 0.2) is 18.2 Å². The highest BCUT2D eigenvalue weighted by Crippen LogP contribution is 2.28. The second kappa shape index (κ2) is 7.75. The van der Waals surface area contributed by atoms with E-state index in [0.29, 0.717) is 23.6 Å². The number of methoxy groups -OCH3 is 1. The maximum atomic E-state index is 12.0. The zero-order valence-electron chi connectivity index (χ0n) is 12.9. The molecule has 0 aromatic heterocycles. The quantitative estimate of drug-likeness (QED) is 0.827. The Morgan fingerprint density at radius 3 is 2.55 bits per heavy atom. The number of ether oxygens (including phenoxy) is 2. The molecular formula is C15H24N2O3. The van der Waals surface area contributed by atoms with Crippen LogP contribution in [0.1, 0.15) is 24.2 Å². The molecular weight excluding hydrogens is 256 g/mol. The highest BCUT2D eigenvalue weighted by atomic mass is 16.5. The average molecular weight is 280 g/mol. The molecule has 0 radical (unpaired) electrons. The summed E-state index contributed by atoms with van der Waals surface area (Å²) in [6.07, 6.45) is 0.0590. The molecule has 0 saturated heterocycles. The molecule has 0 aliphatic heterocycles. The van der Waals surface area contributed by atoms with Crippen molar-refractivity contribution in [1.82, 2.24) is 10.2 Å². The third-order valence-electron chi connectivity index (χ3n) is 2.63. The Kier molecular flexibility index (Phi) is 6.31. The van der Waals surface area contributed by atoms with E-state index in [1.54, 1.807) is 25.3 Å². The van der Waals surface area contributed by atoms with Gasteiger partial charge in [-0.1, -0.05) is 0 Å². The van der Waals surface area contributed by atoms with Crippen LogP contribution >= 0.6 is 0 Å². The number of hydrogen-bond acceptors (Lipinski definition) is 4. The van der Waals surface area contributed by atoms with Crippen LogP contribution in [0, 0.1) is 0 Å². The molecule has 0 aliphatic rings. The van der Waals surface area contributed by atoms with Gasteiger partial charge in [-0.25, -0.2) is 0 Å². The molecule has 112 valence electrons. The summed E-state index contributed by atoms with van der Waals surface area (Å²) in [6, 6.07) is 5.20. The van der Waals surface area contributed by atoms with Crippen molar-refractivity contribution < 1.29 is 14.3 Å². The van der Waals surface area contributed by atoms with Crippen molar-refractivity contribution in [3.8, 4) is 11.5 Å². The lowest BCUT2D eigenvalue weighted by molar-refractivity contribution is 0.0950. The lowest BCUT2D eigenvalue weighted by Crippen LogP contribution is -2.31. The predicted molar refractivity (Wildman–Crippen MR) is 79.6 cm³/mol. The Morgan fingerprint density at radius 2 is 2.00 bits per heavy atom. The summed E-state index contributed by atoms with van der Waals surface area (Å²) < 4.78 is 10.9. The van der Waals surface area contributed by atoms with Crippen molar-refractivity contribution >= 4 is 5.91 Å². The van der Waals surface area contributed by atoms with E-state index < -0.39 is 0 Å². The van der Waals surface area contributed by atoms with E-state index in [2.05, 4.69) is 5.32 Å². The largest absolute Gasteiger partial charge is 0.493 e. The molecule has 1 rings (SSSR count). The topological polar surface area (TPSA) is 50.8 Å². The first kappa shape index (κ1) is 16.3. The van der Waals surface area contributed by atoms with E-state index in [4.69, 9.17) is 9.47 Å². The van der Waals surface area contributed by atoms with E-state index >= 15 is 0 Å². The van der Waals surface area contributed by atoms with Gasteiger partial charge in [0.15, 0.2) is 11.5 Å². The number of carbonyl (C=O) groups excluding carboxylic acids is 1. The van der Waals surface area contributed by atoms with Crippen LogP contribution in [0.4, 0.5) is 0 Å². The molecule has 1 aromatic carbocycles. The third-order valence-corrected chi connectivity index (χ3v) is 2.63. The van der Waals surface area contributed by atoms with Crippen molar-refractivity contribution in [1.29, 1.82) is 0 Å². The number of rotatable bonds is 7. The summed E-state index contributed by atoms with van der Waals surface area (Å²) in [4.78, 5) is 14.0. The summed E-state index contributed by atoms with van der Waals surface area (Å²) in [5.41, 5.74) is 0.566. The molecule has 1 amide bonds. The molecule has 5 nitrogen and oxygen atoms in total. The minimum Gasteiger partial charge on any atom is -0.493 e. The number of hydrogen-bond donors (Lipinski definition) is 1. The molecule has 0 fully saturated rings. The summed E-state index contributed by atoms with van der Waals surface area (Å²) in [7, 11) is 5.50. The lowest BCUT2D eigenvalue weighted by atomic mass is 10.2. The third kappa shape index (κ3) is 5.09. The first-order valence-electron chi connectivity index (χ1n) is 6.71. The molecule has 0 bridgehead atoms. The normalized spacial score (nSPS) is 10.8. The summed E-state index contributed by atoms with van der Waals surface area (Å²) >= 11 is 0. The van der Waals surface area contributed by atoms with Crippen molar-refractivity contribution in [2.24, 2.45) is 0 Å². The van der Waals surface area contributed by atoms with Gasteiger partial charge in [0.2, 0.25) is 0 Å². The Hall–Kier alpha value is -1.75. The van der Waals surface area contributed by atoms with Gasteiger partial charge in [-0.2, -0.15) is 0 Å². The minimum atomic E-state index is -0.110. The molecule has 1 N–H and O–H groups in total. The van der Waals surface area contributed by atoms with Gasteiger partial charge >= 0.3 is 0 Å². The van der Waals surface area contributed by atoms with E-state index in [0.717, 1.165) is 6.54 Å². The molecule has 1 aromatic rings. The Balaban J connectivity index is 2.73. The Bertz CT molecular complexity index is 445. The molecule has 0 atom stereocenters. The van der Waals surface area contributed by atoms with E-state index in [1.807, 2.05) is 32.8 Å². The van der Waals surface area contributed by atoms with Crippen molar-refractivity contribution in [3.63, 3.8) is 0 Å². The number of nitrogens with zero attached hydrogens (tertiary/aromatic N) is 1. The first-order chi connectivity index (χ1) is 9.43. The molecule has 0 heterocycles. The summed E-state index contributed by atoms with van der Waals surface area (Å²) in [5.74, 6) is 1.10. The molecule has 5 heteroatoms. The fourth-order valence-electron chi connectivity index (χ4n) is 1.66. The fourth-order valence-corrected chi connectivity index (χ4v) is 1.66.